The number of rotatable bonds is 6. The van der Waals surface area contributed by atoms with Gasteiger partial charge >= 0.3 is 0 Å². The summed E-state index contributed by atoms with van der Waals surface area (Å²) in [5.74, 6) is 1.32. The molecule has 184 valence electrons. The highest BCUT2D eigenvalue weighted by Crippen LogP contribution is 2.44. The van der Waals surface area contributed by atoms with Gasteiger partial charge in [-0.3, -0.25) is 4.98 Å². The van der Waals surface area contributed by atoms with Crippen molar-refractivity contribution in [2.75, 3.05) is 12.0 Å². The minimum atomic E-state index is -0.0757. The van der Waals surface area contributed by atoms with Crippen molar-refractivity contribution in [1.29, 1.82) is 0 Å². The SMILES string of the molecule is COc1ccc(-n2c(C)cc([C@@H]3[C@H](c4ccccn4)NC(=S)N3c3ccc(C(C)C)cc3)c2C)cc1. The second-order valence-electron chi connectivity index (χ2n) is 9.60. The van der Waals surface area contributed by atoms with E-state index in [0.29, 0.717) is 11.0 Å². The summed E-state index contributed by atoms with van der Waals surface area (Å²) in [4.78, 5) is 6.95. The first-order valence-corrected chi connectivity index (χ1v) is 12.7. The van der Waals surface area contributed by atoms with Crippen LogP contribution in [0.5, 0.6) is 5.75 Å². The van der Waals surface area contributed by atoms with Crippen molar-refractivity contribution in [3.8, 4) is 11.4 Å². The van der Waals surface area contributed by atoms with Crippen molar-refractivity contribution in [2.45, 2.75) is 45.7 Å². The molecule has 2 aromatic heterocycles. The number of methoxy groups -OCH3 is 1. The third-order valence-corrected chi connectivity index (χ3v) is 7.37. The van der Waals surface area contributed by atoms with E-state index in [2.05, 4.69) is 91.0 Å². The first kappa shape index (κ1) is 24.1. The van der Waals surface area contributed by atoms with Crippen LogP contribution in [-0.4, -0.2) is 21.8 Å². The van der Waals surface area contributed by atoms with Gasteiger partial charge < -0.3 is 19.5 Å². The molecule has 5 nitrogen and oxygen atoms in total. The van der Waals surface area contributed by atoms with Crippen LogP contribution in [0.4, 0.5) is 5.69 Å². The van der Waals surface area contributed by atoms with Gasteiger partial charge in [0.25, 0.3) is 0 Å². The van der Waals surface area contributed by atoms with Crippen LogP contribution in [0.1, 0.15) is 60.1 Å². The molecule has 4 aromatic rings. The van der Waals surface area contributed by atoms with Gasteiger partial charge in [0, 0.05) is 29.0 Å². The minimum absolute atomic E-state index is 0.0458. The topological polar surface area (TPSA) is 42.3 Å². The van der Waals surface area contributed by atoms with E-state index in [1.807, 2.05) is 30.5 Å². The Hall–Kier alpha value is -3.64. The molecular formula is C30H32N4OS. The molecule has 2 atom stereocenters. The number of pyridine rings is 1. The number of hydrogen-bond donors (Lipinski definition) is 1. The maximum absolute atomic E-state index is 5.93. The Kier molecular flexibility index (Phi) is 6.54. The lowest BCUT2D eigenvalue weighted by molar-refractivity contribution is 0.414. The Morgan fingerprint density at radius 3 is 2.25 bits per heavy atom. The van der Waals surface area contributed by atoms with Gasteiger partial charge in [0.1, 0.15) is 5.75 Å². The fourth-order valence-electron chi connectivity index (χ4n) is 5.18. The van der Waals surface area contributed by atoms with Crippen molar-refractivity contribution >= 4 is 23.0 Å². The highest BCUT2D eigenvalue weighted by molar-refractivity contribution is 7.80. The largest absolute Gasteiger partial charge is 0.497 e. The summed E-state index contributed by atoms with van der Waals surface area (Å²) in [5.41, 5.74) is 8.04. The van der Waals surface area contributed by atoms with E-state index in [1.165, 1.54) is 22.5 Å². The average molecular weight is 497 g/mol. The van der Waals surface area contributed by atoms with Gasteiger partial charge in [-0.15, -0.1) is 0 Å². The van der Waals surface area contributed by atoms with E-state index in [9.17, 15) is 0 Å². The average Bonchev–Trinajstić information content (AvgIpc) is 3.39. The normalized spacial score (nSPS) is 17.5. The summed E-state index contributed by atoms with van der Waals surface area (Å²) < 4.78 is 7.66. The molecule has 5 rings (SSSR count). The molecule has 3 heterocycles. The van der Waals surface area contributed by atoms with E-state index < -0.39 is 0 Å². The first-order valence-electron chi connectivity index (χ1n) is 12.3. The predicted molar refractivity (Wildman–Crippen MR) is 150 cm³/mol. The molecule has 0 aliphatic carbocycles. The zero-order chi connectivity index (χ0) is 25.4. The minimum Gasteiger partial charge on any atom is -0.497 e. The second-order valence-corrected chi connectivity index (χ2v) is 9.99. The highest BCUT2D eigenvalue weighted by atomic mass is 32.1. The zero-order valence-corrected chi connectivity index (χ0v) is 22.2. The van der Waals surface area contributed by atoms with Gasteiger partial charge in [0.2, 0.25) is 0 Å². The summed E-state index contributed by atoms with van der Waals surface area (Å²) >= 11 is 5.93. The van der Waals surface area contributed by atoms with Crippen molar-refractivity contribution in [2.24, 2.45) is 0 Å². The van der Waals surface area contributed by atoms with E-state index in [0.717, 1.165) is 22.8 Å². The monoisotopic (exact) mass is 496 g/mol. The van der Waals surface area contributed by atoms with Gasteiger partial charge in [-0.05, 0) is 97.7 Å². The zero-order valence-electron chi connectivity index (χ0n) is 21.4. The van der Waals surface area contributed by atoms with Crippen LogP contribution in [0.15, 0.2) is 79.0 Å². The molecule has 0 bridgehead atoms. The molecular weight excluding hydrogens is 464 g/mol. The standard InChI is InChI=1S/C30H32N4OS/c1-19(2)22-9-11-24(12-10-22)34-29(28(32-30(34)36)27-8-6-7-17-31-27)26-18-20(3)33(21(26)4)23-13-15-25(35-5)16-14-23/h6-19,28-29H,1-5H3,(H,32,36)/t28-,29+/m0/s1. The number of aryl methyl sites for hydroxylation is 1. The van der Waals surface area contributed by atoms with E-state index in [4.69, 9.17) is 21.9 Å². The predicted octanol–water partition coefficient (Wildman–Crippen LogP) is 6.80. The van der Waals surface area contributed by atoms with E-state index in [-0.39, 0.29) is 12.1 Å². The van der Waals surface area contributed by atoms with Crippen molar-refractivity contribution in [3.05, 3.63) is 107 Å². The fourth-order valence-corrected chi connectivity index (χ4v) is 5.53. The third-order valence-electron chi connectivity index (χ3n) is 7.06. The van der Waals surface area contributed by atoms with Gasteiger partial charge in [-0.1, -0.05) is 32.0 Å². The maximum atomic E-state index is 5.93. The van der Waals surface area contributed by atoms with E-state index in [1.54, 1.807) is 7.11 Å². The molecule has 1 saturated heterocycles. The molecule has 36 heavy (non-hydrogen) atoms. The van der Waals surface area contributed by atoms with E-state index >= 15 is 0 Å². The smallest absolute Gasteiger partial charge is 0.174 e. The summed E-state index contributed by atoms with van der Waals surface area (Å²) in [5, 5.41) is 4.29. The molecule has 2 aromatic carbocycles. The molecule has 1 fully saturated rings. The maximum Gasteiger partial charge on any atom is 0.174 e. The van der Waals surface area contributed by atoms with Crippen molar-refractivity contribution in [1.82, 2.24) is 14.9 Å². The molecule has 0 amide bonds. The Morgan fingerprint density at radius 1 is 0.944 bits per heavy atom. The number of hydrogen-bond acceptors (Lipinski definition) is 3. The van der Waals surface area contributed by atoms with Crippen LogP contribution in [0.3, 0.4) is 0 Å². The van der Waals surface area contributed by atoms with Crippen molar-refractivity contribution < 1.29 is 4.74 Å². The van der Waals surface area contributed by atoms with Gasteiger partial charge in [0.15, 0.2) is 5.11 Å². The number of ether oxygens (including phenoxy) is 1. The van der Waals surface area contributed by atoms with Crippen LogP contribution in [-0.2, 0) is 0 Å². The van der Waals surface area contributed by atoms with Crippen molar-refractivity contribution in [3.63, 3.8) is 0 Å². The molecule has 0 unspecified atom stereocenters. The fraction of sp³-hybridized carbons (Fsp3) is 0.267. The summed E-state index contributed by atoms with van der Waals surface area (Å²) in [7, 11) is 1.69. The van der Waals surface area contributed by atoms with Crippen LogP contribution < -0.4 is 15.0 Å². The van der Waals surface area contributed by atoms with Crippen LogP contribution >= 0.6 is 12.2 Å². The molecule has 1 aliphatic rings. The van der Waals surface area contributed by atoms with Crippen LogP contribution in [0.2, 0.25) is 0 Å². The lowest BCUT2D eigenvalue weighted by atomic mass is 9.96. The quantitative estimate of drug-likeness (QED) is 0.297. The highest BCUT2D eigenvalue weighted by Gasteiger charge is 2.42. The molecule has 6 heteroatoms. The summed E-state index contributed by atoms with van der Waals surface area (Å²) in [6.07, 6.45) is 1.85. The summed E-state index contributed by atoms with van der Waals surface area (Å²) in [6.45, 7) is 8.76. The lowest BCUT2D eigenvalue weighted by Crippen LogP contribution is -2.29. The van der Waals surface area contributed by atoms with Crippen LogP contribution in [0, 0.1) is 13.8 Å². The summed E-state index contributed by atoms with van der Waals surface area (Å²) in [6, 6.07) is 25.2. The van der Waals surface area contributed by atoms with Crippen LogP contribution in [0.25, 0.3) is 5.69 Å². The number of nitrogens with zero attached hydrogens (tertiary/aromatic N) is 3. The Bertz CT molecular complexity index is 1360. The number of benzene rings is 2. The second kappa shape index (κ2) is 9.78. The molecule has 1 aliphatic heterocycles. The van der Waals surface area contributed by atoms with Gasteiger partial charge in [0.05, 0.1) is 24.9 Å². The number of nitrogens with one attached hydrogen (secondary N) is 1. The molecule has 0 radical (unpaired) electrons. The van der Waals surface area contributed by atoms with Gasteiger partial charge in [-0.2, -0.15) is 0 Å². The number of thiocarbonyl (C=S) groups is 1. The Morgan fingerprint density at radius 2 is 1.64 bits per heavy atom. The first-order chi connectivity index (χ1) is 17.4. The molecule has 0 spiro atoms. The third kappa shape index (κ3) is 4.26. The Labute approximate surface area is 218 Å². The number of aromatic nitrogens is 2. The lowest BCUT2D eigenvalue weighted by Gasteiger charge is -2.28. The number of anilines is 1. The molecule has 1 N–H and O–H groups in total. The molecule has 0 saturated carbocycles. The van der Waals surface area contributed by atoms with Gasteiger partial charge in [-0.25, -0.2) is 0 Å². The Balaban J connectivity index is 1.63.